The molecule has 1 fully saturated rings. The van der Waals surface area contributed by atoms with E-state index in [1.165, 1.54) is 24.9 Å². The summed E-state index contributed by atoms with van der Waals surface area (Å²) in [4.78, 5) is 6.98. The van der Waals surface area contributed by atoms with E-state index in [1.807, 2.05) is 0 Å². The number of guanidine groups is 1. The molecule has 2 aliphatic rings. The minimum atomic E-state index is 0.514. The number of hydrogen-bond acceptors (Lipinski definition) is 3. The van der Waals surface area contributed by atoms with Gasteiger partial charge in [0.05, 0.1) is 13.2 Å². The largest absolute Gasteiger partial charge is 0.493 e. The predicted molar refractivity (Wildman–Crippen MR) is 96.9 cm³/mol. The Bertz CT molecular complexity index is 590. The number of likely N-dealkylation sites (tertiary alicyclic amines) is 1. The summed E-state index contributed by atoms with van der Waals surface area (Å²) in [6.45, 7) is 6.68. The molecule has 3 rings (SSSR count). The first-order chi connectivity index (χ1) is 11.2. The lowest BCUT2D eigenvalue weighted by atomic mass is 10.1. The molecular formula is C17H25BrN4O. The zero-order valence-electron chi connectivity index (χ0n) is 13.6. The standard InChI is InChI=1S/C17H25BrN4O/c1-2-22-6-3-4-15(22)11-21-17(19)20-10-13-9-14(18)8-12-5-7-23-16(12)13/h8-9,15H,2-7,10-11H2,1H3,(H3,19,20,21). The number of halogens is 1. The Morgan fingerprint density at radius 1 is 1.52 bits per heavy atom. The van der Waals surface area contributed by atoms with Crippen molar-refractivity contribution >= 4 is 21.9 Å². The molecule has 0 radical (unpaired) electrons. The molecule has 2 aliphatic heterocycles. The lowest BCUT2D eigenvalue weighted by Crippen LogP contribution is -2.42. The first-order valence-corrected chi connectivity index (χ1v) is 9.18. The maximum atomic E-state index is 6.04. The molecule has 6 heteroatoms. The number of aliphatic imine (C=N–C) groups is 1. The van der Waals surface area contributed by atoms with E-state index in [2.05, 4.69) is 50.2 Å². The topological polar surface area (TPSA) is 62.9 Å². The van der Waals surface area contributed by atoms with Gasteiger partial charge in [-0.25, -0.2) is 4.99 Å². The Kier molecular flexibility index (Phi) is 5.43. The average Bonchev–Trinajstić information content (AvgIpc) is 3.18. The number of benzene rings is 1. The van der Waals surface area contributed by atoms with Crippen LogP contribution in [0.25, 0.3) is 0 Å². The van der Waals surface area contributed by atoms with Gasteiger partial charge in [0.1, 0.15) is 5.75 Å². The van der Waals surface area contributed by atoms with Crippen LogP contribution in [-0.2, 0) is 13.0 Å². The molecule has 3 N–H and O–H groups in total. The van der Waals surface area contributed by atoms with E-state index in [0.29, 0.717) is 18.5 Å². The molecule has 2 heterocycles. The third-order valence-corrected chi connectivity index (χ3v) is 5.13. The second-order valence-electron chi connectivity index (χ2n) is 6.16. The number of nitrogens with zero attached hydrogens (tertiary/aromatic N) is 2. The molecule has 0 amide bonds. The van der Waals surface area contributed by atoms with Crippen LogP contribution in [0.15, 0.2) is 21.6 Å². The number of hydrogen-bond donors (Lipinski definition) is 2. The van der Waals surface area contributed by atoms with Gasteiger partial charge in [0.2, 0.25) is 0 Å². The van der Waals surface area contributed by atoms with Gasteiger partial charge in [-0.2, -0.15) is 0 Å². The van der Waals surface area contributed by atoms with Crippen LogP contribution in [0.4, 0.5) is 0 Å². The second kappa shape index (κ2) is 7.53. The van der Waals surface area contributed by atoms with Crippen LogP contribution in [0, 0.1) is 0 Å². The Hall–Kier alpha value is -1.27. The Morgan fingerprint density at radius 3 is 3.22 bits per heavy atom. The van der Waals surface area contributed by atoms with Crippen molar-refractivity contribution < 1.29 is 4.74 Å². The fraction of sp³-hybridized carbons (Fsp3) is 0.588. The van der Waals surface area contributed by atoms with Gasteiger partial charge in [0.25, 0.3) is 0 Å². The van der Waals surface area contributed by atoms with Gasteiger partial charge in [-0.3, -0.25) is 4.90 Å². The van der Waals surface area contributed by atoms with Crippen molar-refractivity contribution in [1.82, 2.24) is 10.2 Å². The smallest absolute Gasteiger partial charge is 0.188 e. The normalized spacial score (nSPS) is 21.3. The monoisotopic (exact) mass is 380 g/mol. The molecule has 0 saturated carbocycles. The van der Waals surface area contributed by atoms with E-state index in [0.717, 1.165) is 41.9 Å². The van der Waals surface area contributed by atoms with Gasteiger partial charge in [0.15, 0.2) is 5.96 Å². The molecule has 1 atom stereocenters. The third-order valence-electron chi connectivity index (χ3n) is 4.67. The number of rotatable bonds is 5. The molecule has 0 bridgehead atoms. The van der Waals surface area contributed by atoms with Crippen molar-refractivity contribution in [1.29, 1.82) is 0 Å². The van der Waals surface area contributed by atoms with Gasteiger partial charge >= 0.3 is 0 Å². The number of nitrogens with two attached hydrogens (primary N) is 1. The zero-order valence-corrected chi connectivity index (χ0v) is 15.2. The molecule has 5 nitrogen and oxygen atoms in total. The zero-order chi connectivity index (χ0) is 16.2. The first-order valence-electron chi connectivity index (χ1n) is 8.39. The van der Waals surface area contributed by atoms with E-state index in [4.69, 9.17) is 10.5 Å². The average molecular weight is 381 g/mol. The highest BCUT2D eigenvalue weighted by Crippen LogP contribution is 2.33. The van der Waals surface area contributed by atoms with Gasteiger partial charge in [-0.05, 0) is 43.6 Å². The number of fused-ring (bicyclic) bond motifs is 1. The summed E-state index contributed by atoms with van der Waals surface area (Å²) in [6, 6.07) is 4.76. The van der Waals surface area contributed by atoms with Gasteiger partial charge in [-0.1, -0.05) is 22.9 Å². The molecule has 1 unspecified atom stereocenters. The van der Waals surface area contributed by atoms with Gasteiger partial charge in [-0.15, -0.1) is 0 Å². The summed E-state index contributed by atoms with van der Waals surface area (Å²) >= 11 is 3.56. The molecule has 23 heavy (non-hydrogen) atoms. The fourth-order valence-electron chi connectivity index (χ4n) is 3.45. The van der Waals surface area contributed by atoms with Crippen molar-refractivity contribution in [3.8, 4) is 5.75 Å². The van der Waals surface area contributed by atoms with Crippen LogP contribution >= 0.6 is 15.9 Å². The van der Waals surface area contributed by atoms with Crippen LogP contribution in [0.2, 0.25) is 0 Å². The fourth-order valence-corrected chi connectivity index (χ4v) is 4.01. The predicted octanol–water partition coefficient (Wildman–Crippen LogP) is 2.27. The van der Waals surface area contributed by atoms with Crippen LogP contribution in [-0.4, -0.2) is 43.1 Å². The minimum Gasteiger partial charge on any atom is -0.493 e. The van der Waals surface area contributed by atoms with Crippen molar-refractivity contribution in [2.45, 2.75) is 38.8 Å². The van der Waals surface area contributed by atoms with Crippen LogP contribution < -0.4 is 15.8 Å². The molecule has 0 aliphatic carbocycles. The quantitative estimate of drug-likeness (QED) is 0.607. The highest BCUT2D eigenvalue weighted by molar-refractivity contribution is 9.10. The highest BCUT2D eigenvalue weighted by Gasteiger charge is 2.22. The van der Waals surface area contributed by atoms with E-state index in [1.54, 1.807) is 0 Å². The summed E-state index contributed by atoms with van der Waals surface area (Å²) in [5, 5.41) is 3.28. The van der Waals surface area contributed by atoms with E-state index >= 15 is 0 Å². The number of ether oxygens (including phenoxy) is 1. The van der Waals surface area contributed by atoms with Crippen molar-refractivity contribution in [3.63, 3.8) is 0 Å². The summed E-state index contributed by atoms with van der Waals surface area (Å²) in [6.07, 6.45) is 3.48. The van der Waals surface area contributed by atoms with E-state index in [9.17, 15) is 0 Å². The molecule has 0 spiro atoms. The summed E-state index contributed by atoms with van der Waals surface area (Å²) < 4.78 is 6.80. The van der Waals surface area contributed by atoms with Crippen LogP contribution in [0.5, 0.6) is 5.75 Å². The van der Waals surface area contributed by atoms with E-state index in [-0.39, 0.29) is 0 Å². The van der Waals surface area contributed by atoms with Crippen molar-refractivity contribution in [2.24, 2.45) is 10.7 Å². The molecule has 126 valence electrons. The third kappa shape index (κ3) is 3.98. The minimum absolute atomic E-state index is 0.514. The van der Waals surface area contributed by atoms with Crippen molar-refractivity contribution in [2.75, 3.05) is 26.2 Å². The maximum Gasteiger partial charge on any atom is 0.188 e. The van der Waals surface area contributed by atoms with Gasteiger partial charge < -0.3 is 15.8 Å². The summed E-state index contributed by atoms with van der Waals surface area (Å²) in [7, 11) is 0. The Labute approximate surface area is 146 Å². The number of likely N-dealkylation sites (N-methyl/N-ethyl adjacent to an activating group) is 1. The highest BCUT2D eigenvalue weighted by atomic mass is 79.9. The molecule has 1 aromatic carbocycles. The van der Waals surface area contributed by atoms with Crippen LogP contribution in [0.1, 0.15) is 30.9 Å². The Balaban J connectivity index is 1.57. The summed E-state index contributed by atoms with van der Waals surface area (Å²) in [5.74, 6) is 1.50. The maximum absolute atomic E-state index is 6.04. The molecule has 0 aromatic heterocycles. The second-order valence-corrected chi connectivity index (χ2v) is 7.07. The SMILES string of the molecule is CCN1CCCC1CNC(N)=NCc1cc(Br)cc2c1OCC2. The Morgan fingerprint density at radius 2 is 2.39 bits per heavy atom. The number of nitrogens with one attached hydrogen (secondary N) is 1. The van der Waals surface area contributed by atoms with Gasteiger partial charge in [0, 0.05) is 29.0 Å². The van der Waals surface area contributed by atoms with E-state index < -0.39 is 0 Å². The molecule has 1 aromatic rings. The summed E-state index contributed by atoms with van der Waals surface area (Å²) in [5.41, 5.74) is 8.38. The lowest BCUT2D eigenvalue weighted by molar-refractivity contribution is 0.267. The molecule has 1 saturated heterocycles. The van der Waals surface area contributed by atoms with Crippen molar-refractivity contribution in [3.05, 3.63) is 27.7 Å². The first kappa shape index (κ1) is 16.6. The van der Waals surface area contributed by atoms with Crippen LogP contribution in [0.3, 0.4) is 0 Å². The lowest BCUT2D eigenvalue weighted by Gasteiger charge is -2.23. The molecular weight excluding hydrogens is 356 g/mol.